The van der Waals surface area contributed by atoms with Gasteiger partial charge in [0.2, 0.25) is 5.88 Å². The smallest absolute Gasteiger partial charge is 0.212 e. The summed E-state index contributed by atoms with van der Waals surface area (Å²) in [5, 5.41) is 9.06. The van der Waals surface area contributed by atoms with Crippen LogP contribution in [-0.4, -0.2) is 49.6 Å². The van der Waals surface area contributed by atoms with E-state index < -0.39 is 0 Å². The van der Waals surface area contributed by atoms with Gasteiger partial charge in [-0.25, -0.2) is 4.98 Å². The maximum atomic E-state index is 5.11. The van der Waals surface area contributed by atoms with Crippen LogP contribution in [0.1, 0.15) is 36.2 Å². The van der Waals surface area contributed by atoms with Gasteiger partial charge in [0.15, 0.2) is 5.96 Å². The van der Waals surface area contributed by atoms with E-state index in [-0.39, 0.29) is 0 Å². The number of rotatable bonds is 7. The highest BCUT2D eigenvalue weighted by Gasteiger charge is 2.25. The minimum absolute atomic E-state index is 0.383. The molecule has 1 aliphatic heterocycles. The molecule has 2 N–H and O–H groups in total. The van der Waals surface area contributed by atoms with Gasteiger partial charge in [-0.1, -0.05) is 19.1 Å². The number of guanidine groups is 1. The molecule has 1 atom stereocenters. The number of pyridine rings is 1. The van der Waals surface area contributed by atoms with Gasteiger partial charge in [-0.3, -0.25) is 9.89 Å². The monoisotopic (exact) mass is 401 g/mol. The summed E-state index contributed by atoms with van der Waals surface area (Å²) in [5.74, 6) is 2.27. The number of aliphatic imine (C=N–C) groups is 1. The van der Waals surface area contributed by atoms with Crippen LogP contribution in [-0.2, 0) is 6.54 Å². The van der Waals surface area contributed by atoms with Crippen molar-refractivity contribution in [1.29, 1.82) is 0 Å². The van der Waals surface area contributed by atoms with Crippen molar-refractivity contribution in [2.45, 2.75) is 32.4 Å². The Hall–Kier alpha value is -2.12. The van der Waals surface area contributed by atoms with E-state index in [0.29, 0.717) is 18.5 Å². The molecule has 3 rings (SSSR count). The van der Waals surface area contributed by atoms with Gasteiger partial charge in [-0.15, -0.1) is 11.3 Å². The lowest BCUT2D eigenvalue weighted by Crippen LogP contribution is -2.44. The molecule has 28 heavy (non-hydrogen) atoms. The second kappa shape index (κ2) is 10.4. The summed E-state index contributed by atoms with van der Waals surface area (Å²) in [4.78, 5) is 12.7. The lowest BCUT2D eigenvalue weighted by atomic mass is 9.97. The third-order valence-corrected chi connectivity index (χ3v) is 6.26. The molecule has 0 spiro atoms. The van der Waals surface area contributed by atoms with E-state index in [2.05, 4.69) is 49.9 Å². The number of aromatic nitrogens is 1. The van der Waals surface area contributed by atoms with Gasteiger partial charge in [0.25, 0.3) is 0 Å². The molecule has 2 aromatic rings. The number of hydrogen-bond donors (Lipinski definition) is 2. The van der Waals surface area contributed by atoms with Crippen molar-refractivity contribution in [2.75, 3.05) is 33.8 Å². The van der Waals surface area contributed by atoms with Crippen LogP contribution >= 0.6 is 11.3 Å². The molecule has 2 aromatic heterocycles. The summed E-state index contributed by atoms with van der Waals surface area (Å²) >= 11 is 1.84. The van der Waals surface area contributed by atoms with Crippen LogP contribution < -0.4 is 15.4 Å². The highest BCUT2D eigenvalue weighted by molar-refractivity contribution is 7.10. The molecule has 6 nitrogen and oxygen atoms in total. The number of methoxy groups -OCH3 is 1. The predicted octanol–water partition coefficient (Wildman–Crippen LogP) is 3.29. The molecule has 152 valence electrons. The Morgan fingerprint density at radius 2 is 2.14 bits per heavy atom. The van der Waals surface area contributed by atoms with Crippen molar-refractivity contribution in [3.05, 3.63) is 46.3 Å². The topological polar surface area (TPSA) is 61.8 Å². The Kier molecular flexibility index (Phi) is 7.68. The van der Waals surface area contributed by atoms with E-state index in [4.69, 9.17) is 4.74 Å². The molecule has 1 saturated heterocycles. The minimum atomic E-state index is 0.383. The quantitative estimate of drug-likeness (QED) is 0.551. The maximum absolute atomic E-state index is 5.11. The lowest BCUT2D eigenvalue weighted by Gasteiger charge is -2.36. The fraction of sp³-hybridized carbons (Fsp3) is 0.524. The first-order valence-electron chi connectivity index (χ1n) is 9.90. The van der Waals surface area contributed by atoms with Crippen molar-refractivity contribution in [1.82, 2.24) is 20.5 Å². The van der Waals surface area contributed by atoms with Gasteiger partial charge in [0.05, 0.1) is 13.2 Å². The first-order valence-corrected chi connectivity index (χ1v) is 10.8. The molecule has 3 heterocycles. The van der Waals surface area contributed by atoms with E-state index in [1.54, 1.807) is 7.11 Å². The number of nitrogens with one attached hydrogen (secondary N) is 2. The Morgan fingerprint density at radius 3 is 2.75 bits per heavy atom. The number of thiophene rings is 1. The van der Waals surface area contributed by atoms with Gasteiger partial charge in [-0.05, 0) is 48.9 Å². The van der Waals surface area contributed by atoms with Gasteiger partial charge in [-0.2, -0.15) is 0 Å². The minimum Gasteiger partial charge on any atom is -0.481 e. The first-order chi connectivity index (χ1) is 13.7. The normalized spacial score (nSPS) is 17.3. The molecule has 0 aliphatic carbocycles. The summed E-state index contributed by atoms with van der Waals surface area (Å²) in [7, 11) is 3.43. The predicted molar refractivity (Wildman–Crippen MR) is 116 cm³/mol. The zero-order chi connectivity index (χ0) is 19.8. The third kappa shape index (κ3) is 5.69. The standard InChI is InChI=1S/C21H31N5OS/c1-16-8-10-26(11-9-16)18(19-5-4-12-28-19)15-25-21(22-2)24-14-17-6-7-20(27-3)23-13-17/h4-7,12-13,16,18H,8-11,14-15H2,1-3H3,(H2,22,24,25). The molecule has 0 radical (unpaired) electrons. The Morgan fingerprint density at radius 1 is 1.32 bits per heavy atom. The molecule has 1 unspecified atom stereocenters. The fourth-order valence-corrected chi connectivity index (χ4v) is 4.33. The Labute approximate surface area is 172 Å². The molecule has 7 heteroatoms. The largest absolute Gasteiger partial charge is 0.481 e. The van der Waals surface area contributed by atoms with Crippen LogP contribution in [0.2, 0.25) is 0 Å². The summed E-state index contributed by atoms with van der Waals surface area (Å²) in [6.45, 7) is 6.19. The van der Waals surface area contributed by atoms with Crippen molar-refractivity contribution in [3.8, 4) is 5.88 Å². The molecule has 0 amide bonds. The summed E-state index contributed by atoms with van der Waals surface area (Å²) in [6, 6.07) is 8.65. The van der Waals surface area contributed by atoms with Gasteiger partial charge < -0.3 is 15.4 Å². The molecule has 0 aromatic carbocycles. The zero-order valence-corrected chi connectivity index (χ0v) is 17.8. The molecular formula is C21H31N5OS. The van der Waals surface area contributed by atoms with Crippen molar-refractivity contribution < 1.29 is 4.74 Å². The number of likely N-dealkylation sites (tertiary alicyclic amines) is 1. The van der Waals surface area contributed by atoms with Crippen molar-refractivity contribution >= 4 is 17.3 Å². The van der Waals surface area contributed by atoms with Crippen LogP contribution in [0.3, 0.4) is 0 Å². The second-order valence-electron chi connectivity index (χ2n) is 7.27. The average Bonchev–Trinajstić information content (AvgIpc) is 3.26. The van der Waals surface area contributed by atoms with E-state index >= 15 is 0 Å². The van der Waals surface area contributed by atoms with Gasteiger partial charge in [0, 0.05) is 37.3 Å². The third-order valence-electron chi connectivity index (χ3n) is 5.28. The van der Waals surface area contributed by atoms with Crippen LogP contribution in [0.5, 0.6) is 5.88 Å². The number of ether oxygens (including phenoxy) is 1. The SMILES string of the molecule is CN=C(NCc1ccc(OC)nc1)NCC(c1cccs1)N1CCC(C)CC1. The molecular weight excluding hydrogens is 370 g/mol. The first kappa shape index (κ1) is 20.6. The molecule has 1 fully saturated rings. The van der Waals surface area contributed by atoms with Crippen molar-refractivity contribution in [2.24, 2.45) is 10.9 Å². The van der Waals surface area contributed by atoms with Crippen LogP contribution in [0.15, 0.2) is 40.8 Å². The van der Waals surface area contributed by atoms with E-state index in [1.165, 1.54) is 17.7 Å². The molecule has 0 bridgehead atoms. The van der Waals surface area contributed by atoms with Crippen LogP contribution in [0.4, 0.5) is 0 Å². The average molecular weight is 402 g/mol. The maximum Gasteiger partial charge on any atom is 0.212 e. The molecule has 0 saturated carbocycles. The Balaban J connectivity index is 1.56. The highest BCUT2D eigenvalue weighted by Crippen LogP contribution is 2.29. The summed E-state index contributed by atoms with van der Waals surface area (Å²) in [6.07, 6.45) is 4.38. The van der Waals surface area contributed by atoms with E-state index in [1.807, 2.05) is 36.7 Å². The van der Waals surface area contributed by atoms with Crippen molar-refractivity contribution in [3.63, 3.8) is 0 Å². The van der Waals surface area contributed by atoms with Gasteiger partial charge >= 0.3 is 0 Å². The van der Waals surface area contributed by atoms with Gasteiger partial charge in [0.1, 0.15) is 0 Å². The number of hydrogen-bond acceptors (Lipinski definition) is 5. The number of nitrogens with zero attached hydrogens (tertiary/aromatic N) is 3. The highest BCUT2D eigenvalue weighted by atomic mass is 32.1. The fourth-order valence-electron chi connectivity index (χ4n) is 3.47. The summed E-state index contributed by atoms with van der Waals surface area (Å²) < 4.78 is 5.11. The summed E-state index contributed by atoms with van der Waals surface area (Å²) in [5.41, 5.74) is 1.09. The van der Waals surface area contributed by atoms with Crippen LogP contribution in [0, 0.1) is 5.92 Å². The van der Waals surface area contributed by atoms with Crippen LogP contribution in [0.25, 0.3) is 0 Å². The second-order valence-corrected chi connectivity index (χ2v) is 8.24. The van der Waals surface area contributed by atoms with E-state index in [0.717, 1.165) is 37.1 Å². The Bertz CT molecular complexity index is 724. The van der Waals surface area contributed by atoms with E-state index in [9.17, 15) is 0 Å². The number of piperidine rings is 1. The lowest BCUT2D eigenvalue weighted by molar-refractivity contribution is 0.140. The molecule has 1 aliphatic rings. The zero-order valence-electron chi connectivity index (χ0n) is 17.0.